The second-order valence-corrected chi connectivity index (χ2v) is 13.0. The molecule has 1 aliphatic heterocycles. The van der Waals surface area contributed by atoms with Crippen molar-refractivity contribution in [1.82, 2.24) is 15.2 Å². The molecule has 0 saturated heterocycles. The third-order valence-corrected chi connectivity index (χ3v) is 6.74. The van der Waals surface area contributed by atoms with E-state index in [1.165, 1.54) is 24.4 Å². The van der Waals surface area contributed by atoms with Crippen molar-refractivity contribution in [3.63, 3.8) is 0 Å². The number of carbonyl (C=O) groups excluding carboxylic acids is 4. The van der Waals surface area contributed by atoms with Crippen molar-refractivity contribution in [2.24, 2.45) is 0 Å². The quantitative estimate of drug-likeness (QED) is 0.258. The van der Waals surface area contributed by atoms with E-state index in [-0.39, 0.29) is 23.5 Å². The van der Waals surface area contributed by atoms with Crippen molar-refractivity contribution in [3.05, 3.63) is 95.1 Å². The lowest BCUT2D eigenvalue weighted by atomic mass is 9.98. The van der Waals surface area contributed by atoms with Gasteiger partial charge in [-0.2, -0.15) is 0 Å². The van der Waals surface area contributed by atoms with Crippen LogP contribution in [0.15, 0.2) is 66.9 Å². The van der Waals surface area contributed by atoms with Crippen molar-refractivity contribution < 1.29 is 33.0 Å². The molecular weight excluding hydrogens is 605 g/mol. The Balaban J connectivity index is 1.28. The number of carbonyl (C=O) groups is 4. The molecule has 11 nitrogen and oxygen atoms in total. The first-order valence-electron chi connectivity index (χ1n) is 15.2. The zero-order valence-electron chi connectivity index (χ0n) is 27.4. The third-order valence-electron chi connectivity index (χ3n) is 6.74. The van der Waals surface area contributed by atoms with Crippen LogP contribution in [0.5, 0.6) is 0 Å². The summed E-state index contributed by atoms with van der Waals surface area (Å²) >= 11 is 0. The molecule has 0 bridgehead atoms. The van der Waals surface area contributed by atoms with Gasteiger partial charge in [-0.05, 0) is 102 Å². The fourth-order valence-corrected chi connectivity index (χ4v) is 4.51. The minimum Gasteiger partial charge on any atom is -0.444 e. The number of anilines is 2. The van der Waals surface area contributed by atoms with Gasteiger partial charge >= 0.3 is 12.2 Å². The molecule has 2 aromatic carbocycles. The van der Waals surface area contributed by atoms with Gasteiger partial charge in [0.15, 0.2) is 0 Å². The summed E-state index contributed by atoms with van der Waals surface area (Å²) in [6.07, 6.45) is 2.60. The van der Waals surface area contributed by atoms with Crippen LogP contribution in [-0.2, 0) is 16.0 Å². The summed E-state index contributed by atoms with van der Waals surface area (Å²) in [6, 6.07) is 14.2. The predicted molar refractivity (Wildman–Crippen MR) is 176 cm³/mol. The Morgan fingerprint density at radius 2 is 1.51 bits per heavy atom. The van der Waals surface area contributed by atoms with E-state index in [0.717, 1.165) is 11.1 Å². The fourth-order valence-electron chi connectivity index (χ4n) is 4.51. The number of pyridine rings is 1. The van der Waals surface area contributed by atoms with Gasteiger partial charge in [0, 0.05) is 42.8 Å². The Hall–Kier alpha value is -5.26. The maximum absolute atomic E-state index is 15.1. The molecular formula is C35H40FN5O6. The van der Waals surface area contributed by atoms with Crippen LogP contribution in [0.25, 0.3) is 5.57 Å². The van der Waals surface area contributed by atoms with E-state index in [0.29, 0.717) is 30.8 Å². The van der Waals surface area contributed by atoms with Crippen LogP contribution < -0.4 is 16.0 Å². The number of hydrogen-bond donors (Lipinski definition) is 3. The molecule has 47 heavy (non-hydrogen) atoms. The first kappa shape index (κ1) is 34.6. The van der Waals surface area contributed by atoms with Crippen LogP contribution in [0, 0.1) is 5.82 Å². The second kappa shape index (κ2) is 14.4. The van der Waals surface area contributed by atoms with E-state index in [1.54, 1.807) is 88.9 Å². The van der Waals surface area contributed by atoms with Crippen LogP contribution in [0.3, 0.4) is 0 Å². The number of aromatic nitrogens is 1. The molecule has 0 saturated carbocycles. The molecule has 3 N–H and O–H groups in total. The normalized spacial score (nSPS) is 13.3. The van der Waals surface area contributed by atoms with Crippen molar-refractivity contribution in [2.75, 3.05) is 23.7 Å². The maximum Gasteiger partial charge on any atom is 0.410 e. The molecule has 2 heterocycles. The zero-order valence-corrected chi connectivity index (χ0v) is 27.4. The van der Waals surface area contributed by atoms with Gasteiger partial charge in [-0.3, -0.25) is 14.6 Å². The van der Waals surface area contributed by atoms with Gasteiger partial charge in [0.05, 0.1) is 5.56 Å². The van der Waals surface area contributed by atoms with Gasteiger partial charge in [0.2, 0.25) is 0 Å². The average molecular weight is 646 g/mol. The van der Waals surface area contributed by atoms with E-state index in [9.17, 15) is 19.2 Å². The Bertz CT molecular complexity index is 1660. The van der Waals surface area contributed by atoms with Crippen LogP contribution in [0.2, 0.25) is 0 Å². The lowest BCUT2D eigenvalue weighted by Gasteiger charge is -2.29. The summed E-state index contributed by atoms with van der Waals surface area (Å²) in [6.45, 7) is 11.7. The Morgan fingerprint density at radius 1 is 0.851 bits per heavy atom. The van der Waals surface area contributed by atoms with E-state index in [1.807, 2.05) is 0 Å². The monoisotopic (exact) mass is 645 g/mol. The largest absolute Gasteiger partial charge is 0.444 e. The summed E-state index contributed by atoms with van der Waals surface area (Å²) in [4.78, 5) is 55.3. The zero-order chi connectivity index (χ0) is 34.4. The second-order valence-electron chi connectivity index (χ2n) is 13.0. The number of ether oxygens (including phenoxy) is 2. The van der Waals surface area contributed by atoms with Gasteiger partial charge in [0.1, 0.15) is 22.7 Å². The number of benzene rings is 2. The highest BCUT2D eigenvalue weighted by molar-refractivity contribution is 6.06. The molecule has 0 unspecified atom stereocenters. The van der Waals surface area contributed by atoms with Gasteiger partial charge in [-0.25, -0.2) is 14.0 Å². The number of amides is 4. The molecule has 0 atom stereocenters. The molecule has 0 radical (unpaired) electrons. The van der Waals surface area contributed by atoms with Crippen molar-refractivity contribution in [2.45, 2.75) is 65.7 Å². The van der Waals surface area contributed by atoms with Crippen LogP contribution >= 0.6 is 0 Å². The van der Waals surface area contributed by atoms with Gasteiger partial charge < -0.3 is 30.3 Å². The molecule has 4 rings (SSSR count). The summed E-state index contributed by atoms with van der Waals surface area (Å²) in [5.41, 5.74) is 1.86. The Labute approximate surface area is 273 Å². The average Bonchev–Trinajstić information content (AvgIpc) is 2.99. The topological polar surface area (TPSA) is 139 Å². The summed E-state index contributed by atoms with van der Waals surface area (Å²) in [5, 5.41) is 8.06. The highest BCUT2D eigenvalue weighted by atomic mass is 19.1. The van der Waals surface area contributed by atoms with Gasteiger partial charge in [0.25, 0.3) is 11.8 Å². The van der Waals surface area contributed by atoms with Crippen LogP contribution in [-0.4, -0.2) is 58.2 Å². The number of alkyl carbamates (subject to hydrolysis) is 1. The molecule has 0 fully saturated rings. The molecule has 0 spiro atoms. The molecule has 12 heteroatoms. The predicted octanol–water partition coefficient (Wildman–Crippen LogP) is 6.77. The first-order valence-corrected chi connectivity index (χ1v) is 15.2. The van der Waals surface area contributed by atoms with Gasteiger partial charge in [-0.15, -0.1) is 0 Å². The van der Waals surface area contributed by atoms with Crippen LogP contribution in [0.1, 0.15) is 79.9 Å². The van der Waals surface area contributed by atoms with Crippen molar-refractivity contribution in [1.29, 1.82) is 0 Å². The van der Waals surface area contributed by atoms with Crippen LogP contribution in [0.4, 0.5) is 25.4 Å². The van der Waals surface area contributed by atoms with E-state index in [4.69, 9.17) is 9.47 Å². The number of nitrogens with zero attached hydrogens (tertiary/aromatic N) is 2. The third kappa shape index (κ3) is 10.4. The summed E-state index contributed by atoms with van der Waals surface area (Å²) in [5.74, 6) is -1.49. The lowest BCUT2D eigenvalue weighted by molar-refractivity contribution is 0.0270. The lowest BCUT2D eigenvalue weighted by Crippen LogP contribution is -2.39. The van der Waals surface area contributed by atoms with E-state index in [2.05, 4.69) is 20.9 Å². The molecule has 1 aromatic heterocycles. The number of halogens is 1. The minimum atomic E-state index is -0.597. The molecule has 1 aliphatic rings. The van der Waals surface area contributed by atoms with Gasteiger partial charge in [-0.1, -0.05) is 18.2 Å². The number of hydrogen-bond acceptors (Lipinski definition) is 7. The molecule has 248 valence electrons. The smallest absolute Gasteiger partial charge is 0.410 e. The van der Waals surface area contributed by atoms with E-state index >= 15 is 4.39 Å². The van der Waals surface area contributed by atoms with E-state index < -0.39 is 41.0 Å². The molecule has 0 aliphatic carbocycles. The van der Waals surface area contributed by atoms with Crippen molar-refractivity contribution >= 4 is 40.9 Å². The maximum atomic E-state index is 15.1. The summed E-state index contributed by atoms with van der Waals surface area (Å²) < 4.78 is 25.7. The van der Waals surface area contributed by atoms with Crippen molar-refractivity contribution in [3.8, 4) is 0 Å². The number of nitrogens with one attached hydrogen (secondary N) is 3. The fraction of sp³-hybridized carbons (Fsp3) is 0.343. The first-order chi connectivity index (χ1) is 22.1. The highest BCUT2D eigenvalue weighted by Crippen LogP contribution is 2.27. The minimum absolute atomic E-state index is 0.0959. The SMILES string of the molecule is CC(C)(C)OC(=O)NCc1ccc(NC(=O)c2ccc(C(=O)Nc3ccc(C4=CCN(C(=O)OC(C)(C)C)CC4)c(F)c3)cn2)cc1. The standard InChI is InChI=1S/C35H40FN5O6/c1-34(2,3)46-32(44)38-20-22-7-10-25(11-8-22)39-31(43)29-14-9-24(21-37-29)30(42)40-26-12-13-27(28(36)19-26)23-15-17-41(18-16-23)33(45)47-35(4,5)6/h7-15,19,21H,16-18,20H2,1-6H3,(H,38,44)(H,39,43)(H,40,42). The highest BCUT2D eigenvalue weighted by Gasteiger charge is 2.25. The molecule has 3 aromatic rings. The summed E-state index contributed by atoms with van der Waals surface area (Å²) in [7, 11) is 0. The Morgan fingerprint density at radius 3 is 2.09 bits per heavy atom. The Kier molecular flexibility index (Phi) is 10.6. The number of rotatable bonds is 7. The molecule has 4 amide bonds.